The van der Waals surface area contributed by atoms with Gasteiger partial charge in [-0.2, -0.15) is 0 Å². The van der Waals surface area contributed by atoms with Crippen LogP contribution in [0.15, 0.2) is 0 Å². The summed E-state index contributed by atoms with van der Waals surface area (Å²) >= 11 is 2.58. The monoisotopic (exact) mass is 334 g/mol. The highest BCUT2D eigenvalue weighted by Crippen LogP contribution is 2.64. The summed E-state index contributed by atoms with van der Waals surface area (Å²) in [5, 5.41) is 0. The average Bonchev–Trinajstić information content (AvgIpc) is 2.72. The smallest absolute Gasteiger partial charge is 0.0856 e. The van der Waals surface area contributed by atoms with Gasteiger partial charge in [-0.25, -0.2) is 0 Å². The molecular formula is C14H23IO. The highest BCUT2D eigenvalue weighted by atomic mass is 127. The number of halogens is 1. The summed E-state index contributed by atoms with van der Waals surface area (Å²) in [7, 11) is 0. The first kappa shape index (κ1) is 11.8. The Morgan fingerprint density at radius 2 is 1.81 bits per heavy atom. The lowest BCUT2D eigenvalue weighted by atomic mass is 9.66. The average molecular weight is 334 g/mol. The van der Waals surface area contributed by atoms with Gasteiger partial charge in [0.2, 0.25) is 0 Å². The van der Waals surface area contributed by atoms with E-state index in [-0.39, 0.29) is 5.60 Å². The van der Waals surface area contributed by atoms with Crippen LogP contribution in [0.1, 0.15) is 52.4 Å². The molecule has 16 heavy (non-hydrogen) atoms. The van der Waals surface area contributed by atoms with E-state index in [9.17, 15) is 0 Å². The number of hydrogen-bond donors (Lipinski definition) is 0. The Balaban J connectivity index is 1.86. The Bertz CT molecular complexity index is 284. The Hall–Kier alpha value is 0.690. The standard InChI is InChI=1S/C14H23IO/c1-13(2)10-6-7-11(8-10)14(13,9-15)16-12-4-3-5-12/h10-12H,3-9H2,1-2H3. The van der Waals surface area contributed by atoms with E-state index in [4.69, 9.17) is 4.74 Å². The molecule has 3 atom stereocenters. The van der Waals surface area contributed by atoms with E-state index in [2.05, 4.69) is 36.4 Å². The first-order valence-electron chi connectivity index (χ1n) is 6.84. The molecule has 0 radical (unpaired) electrons. The Labute approximate surface area is 113 Å². The number of alkyl halides is 1. The number of hydrogen-bond acceptors (Lipinski definition) is 1. The topological polar surface area (TPSA) is 9.23 Å². The fourth-order valence-electron chi connectivity index (χ4n) is 4.28. The van der Waals surface area contributed by atoms with Gasteiger partial charge in [0, 0.05) is 4.43 Å². The van der Waals surface area contributed by atoms with E-state index in [1.54, 1.807) is 0 Å². The first-order valence-corrected chi connectivity index (χ1v) is 8.36. The molecule has 0 aromatic rings. The molecule has 0 aromatic heterocycles. The lowest BCUT2D eigenvalue weighted by molar-refractivity contribution is -0.185. The highest BCUT2D eigenvalue weighted by Gasteiger charge is 2.63. The van der Waals surface area contributed by atoms with E-state index in [1.807, 2.05) is 0 Å². The molecule has 3 saturated carbocycles. The summed E-state index contributed by atoms with van der Waals surface area (Å²) in [5.74, 6) is 1.78. The number of rotatable bonds is 3. The van der Waals surface area contributed by atoms with Crippen molar-refractivity contribution in [3.8, 4) is 0 Å². The van der Waals surface area contributed by atoms with Gasteiger partial charge in [-0.3, -0.25) is 0 Å². The zero-order valence-corrected chi connectivity index (χ0v) is 12.6. The van der Waals surface area contributed by atoms with Crippen LogP contribution < -0.4 is 0 Å². The summed E-state index contributed by atoms with van der Waals surface area (Å²) in [6.07, 6.45) is 8.90. The van der Waals surface area contributed by atoms with Crippen molar-refractivity contribution in [3.05, 3.63) is 0 Å². The molecule has 1 nitrogen and oxygen atoms in total. The Morgan fingerprint density at radius 1 is 1.12 bits per heavy atom. The van der Waals surface area contributed by atoms with Crippen LogP contribution in [0.2, 0.25) is 0 Å². The molecule has 0 saturated heterocycles. The third kappa shape index (κ3) is 1.38. The maximum atomic E-state index is 6.63. The molecule has 0 spiro atoms. The minimum Gasteiger partial charge on any atom is -0.370 e. The molecule has 92 valence electrons. The third-order valence-corrected chi connectivity index (χ3v) is 6.96. The second-order valence-corrected chi connectivity index (χ2v) is 7.39. The molecule has 3 fully saturated rings. The minimum atomic E-state index is 0.210. The van der Waals surface area contributed by atoms with Crippen molar-refractivity contribution >= 4 is 22.6 Å². The highest BCUT2D eigenvalue weighted by molar-refractivity contribution is 14.1. The van der Waals surface area contributed by atoms with Crippen molar-refractivity contribution in [2.75, 3.05) is 4.43 Å². The zero-order valence-electron chi connectivity index (χ0n) is 10.5. The quantitative estimate of drug-likeness (QED) is 0.556. The molecular weight excluding hydrogens is 311 g/mol. The van der Waals surface area contributed by atoms with Crippen molar-refractivity contribution in [1.29, 1.82) is 0 Å². The lowest BCUT2D eigenvalue weighted by Gasteiger charge is -2.51. The van der Waals surface area contributed by atoms with Crippen molar-refractivity contribution in [3.63, 3.8) is 0 Å². The van der Waals surface area contributed by atoms with Crippen LogP contribution >= 0.6 is 22.6 Å². The maximum absolute atomic E-state index is 6.63. The summed E-state index contributed by atoms with van der Waals surface area (Å²) < 4.78 is 7.82. The largest absolute Gasteiger partial charge is 0.370 e. The number of fused-ring (bicyclic) bond motifs is 2. The predicted octanol–water partition coefficient (Wildman–Crippen LogP) is 4.19. The van der Waals surface area contributed by atoms with E-state index in [0.29, 0.717) is 11.5 Å². The van der Waals surface area contributed by atoms with Crippen molar-refractivity contribution in [1.82, 2.24) is 0 Å². The molecule has 0 aromatic carbocycles. The second kappa shape index (κ2) is 3.84. The van der Waals surface area contributed by atoms with Crippen LogP contribution in [-0.2, 0) is 4.74 Å². The fraction of sp³-hybridized carbons (Fsp3) is 1.00. The van der Waals surface area contributed by atoms with E-state index in [1.165, 1.54) is 43.0 Å². The van der Waals surface area contributed by atoms with Crippen molar-refractivity contribution < 1.29 is 4.74 Å². The summed E-state index contributed by atoms with van der Waals surface area (Å²) in [6, 6.07) is 0. The van der Waals surface area contributed by atoms with E-state index >= 15 is 0 Å². The van der Waals surface area contributed by atoms with Gasteiger partial charge < -0.3 is 4.74 Å². The molecule has 3 unspecified atom stereocenters. The van der Waals surface area contributed by atoms with Gasteiger partial charge in [0.15, 0.2) is 0 Å². The van der Waals surface area contributed by atoms with Gasteiger partial charge in [0.05, 0.1) is 11.7 Å². The van der Waals surface area contributed by atoms with Gasteiger partial charge in [-0.15, -0.1) is 0 Å². The SMILES string of the molecule is CC1(C)C2CCC(C2)C1(CI)OC1CCC1. The van der Waals surface area contributed by atoms with Gasteiger partial charge in [-0.05, 0) is 55.8 Å². The molecule has 3 aliphatic rings. The predicted molar refractivity (Wildman–Crippen MR) is 75.0 cm³/mol. The summed E-state index contributed by atoms with van der Waals surface area (Å²) in [6.45, 7) is 4.93. The van der Waals surface area contributed by atoms with Gasteiger partial charge >= 0.3 is 0 Å². The minimum absolute atomic E-state index is 0.210. The summed E-state index contributed by atoms with van der Waals surface area (Å²) in [4.78, 5) is 0. The van der Waals surface area contributed by atoms with Crippen LogP contribution in [0.25, 0.3) is 0 Å². The molecule has 3 rings (SSSR count). The Kier molecular flexibility index (Phi) is 2.82. The molecule has 0 aliphatic heterocycles. The van der Waals surface area contributed by atoms with Crippen LogP contribution in [0.5, 0.6) is 0 Å². The van der Waals surface area contributed by atoms with E-state index in [0.717, 1.165) is 11.8 Å². The fourth-order valence-corrected chi connectivity index (χ4v) is 6.06. The van der Waals surface area contributed by atoms with Crippen LogP contribution in [0, 0.1) is 17.3 Å². The van der Waals surface area contributed by atoms with Gasteiger partial charge in [0.1, 0.15) is 0 Å². The van der Waals surface area contributed by atoms with Gasteiger partial charge in [-0.1, -0.05) is 36.4 Å². The molecule has 2 bridgehead atoms. The molecule has 3 aliphatic carbocycles. The first-order chi connectivity index (χ1) is 7.60. The number of ether oxygens (including phenoxy) is 1. The van der Waals surface area contributed by atoms with Gasteiger partial charge in [0.25, 0.3) is 0 Å². The van der Waals surface area contributed by atoms with Crippen LogP contribution in [0.4, 0.5) is 0 Å². The molecule has 2 heteroatoms. The lowest BCUT2D eigenvalue weighted by Crippen LogP contribution is -2.55. The Morgan fingerprint density at radius 3 is 2.25 bits per heavy atom. The van der Waals surface area contributed by atoms with Crippen LogP contribution in [0.3, 0.4) is 0 Å². The van der Waals surface area contributed by atoms with Crippen molar-refractivity contribution in [2.24, 2.45) is 17.3 Å². The third-order valence-electron chi connectivity index (χ3n) is 5.83. The molecule has 0 amide bonds. The van der Waals surface area contributed by atoms with Crippen LogP contribution in [-0.4, -0.2) is 16.1 Å². The normalized spacial score (nSPS) is 45.9. The molecule has 0 N–H and O–H groups in total. The van der Waals surface area contributed by atoms with Crippen molar-refractivity contribution in [2.45, 2.75) is 64.1 Å². The van der Waals surface area contributed by atoms with E-state index < -0.39 is 0 Å². The zero-order chi connectivity index (χ0) is 11.4. The second-order valence-electron chi connectivity index (χ2n) is 6.62. The molecule has 0 heterocycles. The maximum Gasteiger partial charge on any atom is 0.0856 e. The summed E-state index contributed by atoms with van der Waals surface area (Å²) in [5.41, 5.74) is 0.619.